The molecule has 0 bridgehead atoms. The number of halogens is 1. The summed E-state index contributed by atoms with van der Waals surface area (Å²) in [4.78, 5) is 0.222. The van der Waals surface area contributed by atoms with Crippen LogP contribution in [0.15, 0.2) is 11.1 Å². The summed E-state index contributed by atoms with van der Waals surface area (Å²) < 4.78 is 27.0. The highest BCUT2D eigenvalue weighted by Crippen LogP contribution is 2.26. The van der Waals surface area contributed by atoms with Crippen LogP contribution in [0.3, 0.4) is 0 Å². The van der Waals surface area contributed by atoms with Gasteiger partial charge in [-0.15, -0.1) is 12.4 Å². The van der Waals surface area contributed by atoms with Crippen molar-refractivity contribution in [1.82, 2.24) is 14.9 Å². The SMILES string of the molecule is Cc1[nH]ncc1S(=O)(=O)NC1CCCC1CN.Cl. The molecule has 0 saturated heterocycles. The standard InChI is InChI=1S/C10H18N4O2S.ClH/c1-7-10(6-12-13-7)17(15,16)14-9-4-2-3-8(9)5-11;/h6,8-9,14H,2-5,11H2,1H3,(H,12,13);1H. The Balaban J connectivity index is 0.00000162. The minimum absolute atomic E-state index is 0. The number of H-pyrrole nitrogens is 1. The Hall–Kier alpha value is -0.630. The van der Waals surface area contributed by atoms with E-state index in [4.69, 9.17) is 5.73 Å². The van der Waals surface area contributed by atoms with Gasteiger partial charge < -0.3 is 5.73 Å². The van der Waals surface area contributed by atoms with Crippen LogP contribution in [0.25, 0.3) is 0 Å². The average molecular weight is 295 g/mol. The number of nitrogens with zero attached hydrogens (tertiary/aromatic N) is 1. The zero-order valence-electron chi connectivity index (χ0n) is 10.2. The van der Waals surface area contributed by atoms with Gasteiger partial charge in [-0.05, 0) is 32.2 Å². The zero-order chi connectivity index (χ0) is 12.5. The minimum Gasteiger partial charge on any atom is -0.330 e. The summed E-state index contributed by atoms with van der Waals surface area (Å²) >= 11 is 0. The number of sulfonamides is 1. The van der Waals surface area contributed by atoms with Crippen LogP contribution in [-0.2, 0) is 10.0 Å². The van der Waals surface area contributed by atoms with E-state index < -0.39 is 10.0 Å². The minimum atomic E-state index is -3.47. The van der Waals surface area contributed by atoms with Crippen molar-refractivity contribution in [2.45, 2.75) is 37.1 Å². The molecule has 2 rings (SSSR count). The van der Waals surface area contributed by atoms with E-state index in [9.17, 15) is 8.42 Å². The normalized spacial score (nSPS) is 23.9. The van der Waals surface area contributed by atoms with Gasteiger partial charge in [0.2, 0.25) is 10.0 Å². The summed E-state index contributed by atoms with van der Waals surface area (Å²) in [5.41, 5.74) is 6.19. The number of aromatic nitrogens is 2. The topological polar surface area (TPSA) is 101 Å². The fourth-order valence-corrected chi connectivity index (χ4v) is 3.82. The monoisotopic (exact) mass is 294 g/mol. The van der Waals surface area contributed by atoms with E-state index in [1.165, 1.54) is 6.20 Å². The van der Waals surface area contributed by atoms with Gasteiger partial charge in [0.15, 0.2) is 0 Å². The third-order valence-electron chi connectivity index (χ3n) is 3.34. The van der Waals surface area contributed by atoms with Crippen LogP contribution in [0.2, 0.25) is 0 Å². The van der Waals surface area contributed by atoms with E-state index in [-0.39, 0.29) is 29.3 Å². The van der Waals surface area contributed by atoms with E-state index in [1.54, 1.807) is 6.92 Å². The highest BCUT2D eigenvalue weighted by atomic mass is 35.5. The molecule has 0 aliphatic heterocycles. The second-order valence-corrected chi connectivity index (χ2v) is 6.20. The first kappa shape index (κ1) is 15.4. The molecule has 6 nitrogen and oxygen atoms in total. The van der Waals surface area contributed by atoms with Crippen molar-refractivity contribution < 1.29 is 8.42 Å². The van der Waals surface area contributed by atoms with Crippen LogP contribution >= 0.6 is 12.4 Å². The molecule has 1 aromatic heterocycles. The second kappa shape index (κ2) is 6.01. The first-order valence-corrected chi connectivity index (χ1v) is 7.25. The summed E-state index contributed by atoms with van der Waals surface area (Å²) in [6.45, 7) is 2.22. The maximum Gasteiger partial charge on any atom is 0.244 e. The van der Waals surface area contributed by atoms with Gasteiger partial charge in [-0.1, -0.05) is 6.42 Å². The van der Waals surface area contributed by atoms with Crippen LogP contribution in [0.4, 0.5) is 0 Å². The Morgan fingerprint density at radius 2 is 2.28 bits per heavy atom. The number of aryl methyl sites for hydroxylation is 1. The first-order chi connectivity index (χ1) is 8.04. The molecule has 1 fully saturated rings. The lowest BCUT2D eigenvalue weighted by Crippen LogP contribution is -2.39. The molecule has 18 heavy (non-hydrogen) atoms. The predicted octanol–water partition coefficient (Wildman–Crippen LogP) is 0.546. The van der Waals surface area contributed by atoms with Crippen molar-refractivity contribution in [2.75, 3.05) is 6.54 Å². The molecule has 104 valence electrons. The Bertz CT molecular complexity index is 488. The Morgan fingerprint density at radius 1 is 1.56 bits per heavy atom. The van der Waals surface area contributed by atoms with E-state index in [1.807, 2.05) is 0 Å². The van der Waals surface area contributed by atoms with Crippen molar-refractivity contribution in [3.63, 3.8) is 0 Å². The first-order valence-electron chi connectivity index (χ1n) is 5.77. The van der Waals surface area contributed by atoms with Gasteiger partial charge in [0.25, 0.3) is 0 Å². The number of hydrogen-bond donors (Lipinski definition) is 3. The molecule has 1 aliphatic carbocycles. The van der Waals surface area contributed by atoms with Gasteiger partial charge in [0, 0.05) is 6.04 Å². The number of nitrogens with two attached hydrogens (primary N) is 1. The van der Waals surface area contributed by atoms with Crippen LogP contribution < -0.4 is 10.5 Å². The van der Waals surface area contributed by atoms with E-state index >= 15 is 0 Å². The Labute approximate surface area is 113 Å². The summed E-state index contributed by atoms with van der Waals surface area (Å²) in [6, 6.07) is -0.0423. The van der Waals surface area contributed by atoms with Crippen molar-refractivity contribution in [3.05, 3.63) is 11.9 Å². The van der Waals surface area contributed by atoms with Gasteiger partial charge >= 0.3 is 0 Å². The highest BCUT2D eigenvalue weighted by molar-refractivity contribution is 7.89. The van der Waals surface area contributed by atoms with Crippen molar-refractivity contribution in [3.8, 4) is 0 Å². The number of hydrogen-bond acceptors (Lipinski definition) is 4. The maximum absolute atomic E-state index is 12.1. The van der Waals surface area contributed by atoms with Crippen molar-refractivity contribution in [1.29, 1.82) is 0 Å². The quantitative estimate of drug-likeness (QED) is 0.754. The Morgan fingerprint density at radius 3 is 2.83 bits per heavy atom. The molecule has 4 N–H and O–H groups in total. The lowest BCUT2D eigenvalue weighted by Gasteiger charge is -2.19. The molecule has 2 unspecified atom stereocenters. The fraction of sp³-hybridized carbons (Fsp3) is 0.700. The fourth-order valence-electron chi connectivity index (χ4n) is 2.35. The number of rotatable bonds is 4. The lowest BCUT2D eigenvalue weighted by molar-refractivity contribution is 0.453. The van der Waals surface area contributed by atoms with Crippen molar-refractivity contribution in [2.24, 2.45) is 11.7 Å². The number of nitrogens with one attached hydrogen (secondary N) is 2. The largest absolute Gasteiger partial charge is 0.330 e. The average Bonchev–Trinajstić information content (AvgIpc) is 2.86. The van der Waals surface area contributed by atoms with Crippen LogP contribution in [0.5, 0.6) is 0 Å². The summed E-state index contributed by atoms with van der Waals surface area (Å²) in [7, 11) is -3.47. The van der Waals surface area contributed by atoms with E-state index in [0.29, 0.717) is 12.2 Å². The zero-order valence-corrected chi connectivity index (χ0v) is 11.9. The summed E-state index contributed by atoms with van der Waals surface area (Å²) in [5, 5.41) is 6.36. The third kappa shape index (κ3) is 3.03. The summed E-state index contributed by atoms with van der Waals surface area (Å²) in [5.74, 6) is 0.247. The molecule has 8 heteroatoms. The lowest BCUT2D eigenvalue weighted by atomic mass is 10.1. The maximum atomic E-state index is 12.1. The molecular weight excluding hydrogens is 276 g/mol. The molecule has 1 saturated carbocycles. The molecule has 2 atom stereocenters. The molecule has 0 aromatic carbocycles. The molecule has 1 aromatic rings. The highest BCUT2D eigenvalue weighted by Gasteiger charge is 2.31. The van der Waals surface area contributed by atoms with Crippen LogP contribution in [-0.4, -0.2) is 31.2 Å². The summed E-state index contributed by atoms with van der Waals surface area (Å²) in [6.07, 6.45) is 4.22. The third-order valence-corrected chi connectivity index (χ3v) is 4.95. The van der Waals surface area contributed by atoms with Crippen LogP contribution in [0, 0.1) is 12.8 Å². The second-order valence-electron chi connectivity index (χ2n) is 4.51. The molecule has 0 spiro atoms. The Kier molecular flexibility index (Phi) is 5.15. The molecule has 1 aliphatic rings. The molecule has 0 amide bonds. The molecule has 1 heterocycles. The van der Waals surface area contributed by atoms with Gasteiger partial charge in [-0.2, -0.15) is 5.10 Å². The van der Waals surface area contributed by atoms with Gasteiger partial charge in [-0.3, -0.25) is 5.10 Å². The van der Waals surface area contributed by atoms with Gasteiger partial charge in [0.05, 0.1) is 11.9 Å². The van der Waals surface area contributed by atoms with Gasteiger partial charge in [0.1, 0.15) is 4.90 Å². The van der Waals surface area contributed by atoms with E-state index in [0.717, 1.165) is 19.3 Å². The van der Waals surface area contributed by atoms with Crippen molar-refractivity contribution >= 4 is 22.4 Å². The number of aromatic amines is 1. The van der Waals surface area contributed by atoms with Crippen LogP contribution in [0.1, 0.15) is 25.0 Å². The van der Waals surface area contributed by atoms with Gasteiger partial charge in [-0.25, -0.2) is 13.1 Å². The molecule has 0 radical (unpaired) electrons. The molecular formula is C10H19ClN4O2S. The predicted molar refractivity (Wildman–Crippen MR) is 71.1 cm³/mol. The van der Waals surface area contributed by atoms with E-state index in [2.05, 4.69) is 14.9 Å². The smallest absolute Gasteiger partial charge is 0.244 e.